The molecule has 0 bridgehead atoms. The Morgan fingerprint density at radius 1 is 1.06 bits per heavy atom. The molecule has 0 aliphatic carbocycles. The van der Waals surface area contributed by atoms with Crippen LogP contribution in [0.25, 0.3) is 0 Å². The fraction of sp³-hybridized carbons (Fsp3) is 1.00. The molecule has 5 heteroatoms. The first-order valence-corrected chi connectivity index (χ1v) is 6.49. The number of aliphatic hydroxyl groups excluding tert-OH is 3. The number of aliphatic hydroxyl groups is 3. The quantitative estimate of drug-likeness (QED) is 0.696. The first-order chi connectivity index (χ1) is 8.11. The molecule has 0 radical (unpaired) electrons. The molecule has 5 unspecified atom stereocenters. The van der Waals surface area contributed by atoms with E-state index < -0.39 is 36.3 Å². The third kappa shape index (κ3) is 4.17. The van der Waals surface area contributed by atoms with Gasteiger partial charge in [-0.15, -0.1) is 0 Å². The lowest BCUT2D eigenvalue weighted by Crippen LogP contribution is -2.59. The molecular formula is C13H26O5. The molecule has 0 saturated carbocycles. The molecule has 5 atom stereocenters. The van der Waals surface area contributed by atoms with E-state index in [2.05, 4.69) is 0 Å². The summed E-state index contributed by atoms with van der Waals surface area (Å²) in [5.41, 5.74) is -0.490. The Morgan fingerprint density at radius 2 is 1.61 bits per heavy atom. The zero-order chi connectivity index (χ0) is 14.1. The van der Waals surface area contributed by atoms with E-state index in [0.717, 1.165) is 0 Å². The second-order valence-electron chi connectivity index (χ2n) is 6.37. The summed E-state index contributed by atoms with van der Waals surface area (Å²) >= 11 is 0. The van der Waals surface area contributed by atoms with Gasteiger partial charge < -0.3 is 24.8 Å². The molecule has 0 aromatic heterocycles. The lowest BCUT2D eigenvalue weighted by atomic mass is 9.93. The zero-order valence-corrected chi connectivity index (χ0v) is 11.8. The Morgan fingerprint density at radius 3 is 2.06 bits per heavy atom. The van der Waals surface area contributed by atoms with Crippen molar-refractivity contribution in [3.05, 3.63) is 0 Å². The molecule has 3 N–H and O–H groups in total. The summed E-state index contributed by atoms with van der Waals surface area (Å²) in [6, 6.07) is 0. The van der Waals surface area contributed by atoms with E-state index in [9.17, 15) is 15.3 Å². The zero-order valence-electron chi connectivity index (χ0n) is 11.8. The highest BCUT2D eigenvalue weighted by Crippen LogP contribution is 2.28. The van der Waals surface area contributed by atoms with E-state index in [1.54, 1.807) is 0 Å². The van der Waals surface area contributed by atoms with Gasteiger partial charge in [0, 0.05) is 0 Å². The van der Waals surface area contributed by atoms with Crippen LogP contribution in [0.15, 0.2) is 0 Å². The first kappa shape index (κ1) is 15.9. The molecule has 0 aromatic rings. The van der Waals surface area contributed by atoms with Crippen LogP contribution in [0.1, 0.15) is 41.0 Å². The Kier molecular flexibility index (Phi) is 5.14. The summed E-state index contributed by atoms with van der Waals surface area (Å²) in [6.45, 7) is 9.55. The maximum atomic E-state index is 9.88. The smallest absolute Gasteiger partial charge is 0.187 e. The Balaban J connectivity index is 2.74. The van der Waals surface area contributed by atoms with Crippen LogP contribution in [0.5, 0.6) is 0 Å². The summed E-state index contributed by atoms with van der Waals surface area (Å²) < 4.78 is 11.2. The second-order valence-corrected chi connectivity index (χ2v) is 6.37. The fourth-order valence-corrected chi connectivity index (χ4v) is 2.02. The van der Waals surface area contributed by atoms with Gasteiger partial charge in [0.1, 0.15) is 18.3 Å². The average molecular weight is 262 g/mol. The highest BCUT2D eigenvalue weighted by Gasteiger charge is 2.45. The van der Waals surface area contributed by atoms with Crippen LogP contribution in [0, 0.1) is 5.92 Å². The average Bonchev–Trinajstić information content (AvgIpc) is 2.19. The molecule has 1 saturated heterocycles. The fourth-order valence-electron chi connectivity index (χ4n) is 2.02. The van der Waals surface area contributed by atoms with E-state index >= 15 is 0 Å². The van der Waals surface area contributed by atoms with Crippen molar-refractivity contribution in [3.8, 4) is 0 Å². The van der Waals surface area contributed by atoms with E-state index in [-0.39, 0.29) is 0 Å². The van der Waals surface area contributed by atoms with Crippen LogP contribution >= 0.6 is 0 Å². The largest absolute Gasteiger partial charge is 0.388 e. The number of rotatable bonds is 3. The van der Waals surface area contributed by atoms with Crippen molar-refractivity contribution < 1.29 is 24.8 Å². The van der Waals surface area contributed by atoms with Gasteiger partial charge in [-0.3, -0.25) is 0 Å². The van der Waals surface area contributed by atoms with E-state index in [1.165, 1.54) is 0 Å². The Hall–Kier alpha value is -0.200. The molecule has 1 fully saturated rings. The lowest BCUT2D eigenvalue weighted by Gasteiger charge is -2.43. The van der Waals surface area contributed by atoms with Crippen LogP contribution in [-0.4, -0.2) is 51.6 Å². The summed E-state index contributed by atoms with van der Waals surface area (Å²) in [6.07, 6.45) is -4.38. The minimum Gasteiger partial charge on any atom is -0.388 e. The van der Waals surface area contributed by atoms with Crippen LogP contribution in [0.3, 0.4) is 0 Å². The molecule has 0 aromatic carbocycles. The molecule has 1 heterocycles. The van der Waals surface area contributed by atoms with Crippen molar-refractivity contribution in [2.45, 2.75) is 77.3 Å². The molecular weight excluding hydrogens is 236 g/mol. The predicted octanol–water partition coefficient (Wildman–Crippen LogP) is 0.655. The van der Waals surface area contributed by atoms with Crippen molar-refractivity contribution in [1.29, 1.82) is 0 Å². The predicted molar refractivity (Wildman–Crippen MR) is 67.0 cm³/mol. The van der Waals surface area contributed by atoms with Gasteiger partial charge in [0.25, 0.3) is 0 Å². The van der Waals surface area contributed by atoms with Crippen LogP contribution in [0.4, 0.5) is 0 Å². The first-order valence-electron chi connectivity index (χ1n) is 6.49. The monoisotopic (exact) mass is 262 g/mol. The van der Waals surface area contributed by atoms with Gasteiger partial charge in [0.05, 0.1) is 11.7 Å². The second kappa shape index (κ2) is 5.84. The Bertz CT molecular complexity index is 261. The standard InChI is InChI=1S/C13H26O5/c1-7(2)6-8-9(14)10(15)11(16)12(17-8)18-13(3,4)5/h7-12,14-16H,6H2,1-5H3. The minimum absolute atomic E-state index is 0.322. The molecule has 1 aliphatic rings. The van der Waals surface area contributed by atoms with E-state index in [4.69, 9.17) is 9.47 Å². The maximum Gasteiger partial charge on any atom is 0.187 e. The van der Waals surface area contributed by atoms with E-state index in [0.29, 0.717) is 12.3 Å². The molecule has 18 heavy (non-hydrogen) atoms. The van der Waals surface area contributed by atoms with Gasteiger partial charge in [-0.1, -0.05) is 13.8 Å². The minimum atomic E-state index is -1.24. The van der Waals surface area contributed by atoms with Gasteiger partial charge >= 0.3 is 0 Å². The SMILES string of the molecule is CC(C)CC1OC(OC(C)(C)C)C(O)C(O)C1O. The van der Waals surface area contributed by atoms with Gasteiger partial charge in [0.2, 0.25) is 0 Å². The Labute approximate surface area is 109 Å². The highest BCUT2D eigenvalue weighted by atomic mass is 16.7. The highest BCUT2D eigenvalue weighted by molar-refractivity contribution is 4.90. The topological polar surface area (TPSA) is 79.2 Å². The molecule has 5 nitrogen and oxygen atoms in total. The van der Waals surface area contributed by atoms with Crippen molar-refractivity contribution in [2.24, 2.45) is 5.92 Å². The molecule has 108 valence electrons. The summed E-state index contributed by atoms with van der Waals surface area (Å²) in [5, 5.41) is 29.6. The van der Waals surface area contributed by atoms with Gasteiger partial charge in [0.15, 0.2) is 6.29 Å². The molecule has 0 spiro atoms. The summed E-state index contributed by atoms with van der Waals surface area (Å²) in [5.74, 6) is 0.322. The third-order valence-electron chi connectivity index (χ3n) is 2.84. The summed E-state index contributed by atoms with van der Waals surface area (Å²) in [4.78, 5) is 0. The van der Waals surface area contributed by atoms with Crippen LogP contribution in [0.2, 0.25) is 0 Å². The molecule has 0 amide bonds. The van der Waals surface area contributed by atoms with Crippen LogP contribution in [-0.2, 0) is 9.47 Å². The molecule has 1 rings (SSSR count). The van der Waals surface area contributed by atoms with Gasteiger partial charge in [-0.2, -0.15) is 0 Å². The van der Waals surface area contributed by atoms with Crippen molar-refractivity contribution in [1.82, 2.24) is 0 Å². The van der Waals surface area contributed by atoms with Gasteiger partial charge in [-0.05, 0) is 33.1 Å². The number of hydrogen-bond acceptors (Lipinski definition) is 5. The van der Waals surface area contributed by atoms with Crippen molar-refractivity contribution >= 4 is 0 Å². The van der Waals surface area contributed by atoms with Crippen LogP contribution < -0.4 is 0 Å². The van der Waals surface area contributed by atoms with E-state index in [1.807, 2.05) is 34.6 Å². The van der Waals surface area contributed by atoms with Gasteiger partial charge in [-0.25, -0.2) is 0 Å². The third-order valence-corrected chi connectivity index (χ3v) is 2.84. The number of ether oxygens (including phenoxy) is 2. The van der Waals surface area contributed by atoms with Crippen molar-refractivity contribution in [2.75, 3.05) is 0 Å². The summed E-state index contributed by atoms with van der Waals surface area (Å²) in [7, 11) is 0. The maximum absolute atomic E-state index is 9.88. The molecule has 1 aliphatic heterocycles. The lowest BCUT2D eigenvalue weighted by molar-refractivity contribution is -0.319. The van der Waals surface area contributed by atoms with Crippen molar-refractivity contribution in [3.63, 3.8) is 0 Å². The number of hydrogen-bond donors (Lipinski definition) is 3. The normalized spacial score (nSPS) is 38.2.